The summed E-state index contributed by atoms with van der Waals surface area (Å²) >= 11 is 0. The summed E-state index contributed by atoms with van der Waals surface area (Å²) < 4.78 is 29.6. The average Bonchev–Trinajstić information content (AvgIpc) is 3.46. The number of aromatic nitrogens is 2. The van der Waals surface area contributed by atoms with E-state index in [9.17, 15) is 14.3 Å². The van der Waals surface area contributed by atoms with Crippen LogP contribution < -0.4 is 9.46 Å². The van der Waals surface area contributed by atoms with E-state index in [-0.39, 0.29) is 0 Å². The van der Waals surface area contributed by atoms with Crippen molar-refractivity contribution in [3.05, 3.63) is 65.0 Å². The van der Waals surface area contributed by atoms with Crippen molar-refractivity contribution in [1.82, 2.24) is 14.3 Å². The van der Waals surface area contributed by atoms with Gasteiger partial charge in [0.05, 0.1) is 45.5 Å². The average molecular weight is 549 g/mol. The number of carbonyl (C=O) groups excluding carboxylic acids is 1. The van der Waals surface area contributed by atoms with Crippen molar-refractivity contribution in [2.24, 2.45) is 0 Å². The Balaban J connectivity index is 2.04. The largest absolute Gasteiger partial charge is 0.496 e. The third-order valence-corrected chi connectivity index (χ3v) is 8.28. The molecule has 2 atom stereocenters. The number of nitrogens with one attached hydrogen (secondary N) is 2. The van der Waals surface area contributed by atoms with Crippen LogP contribution in [0.25, 0.3) is 21.8 Å². The number of H-pyrrole nitrogens is 1. The maximum Gasteiger partial charge on any atom is 0.419 e. The molecule has 0 aliphatic carbocycles. The highest BCUT2D eigenvalue weighted by Crippen LogP contribution is 2.43. The van der Waals surface area contributed by atoms with Crippen LogP contribution in [0, 0.1) is 18.3 Å². The van der Waals surface area contributed by atoms with E-state index in [4.69, 9.17) is 9.47 Å². The molecular formula is C30H36N4O4S. The highest BCUT2D eigenvalue weighted by atomic mass is 32.2. The lowest BCUT2D eigenvalue weighted by atomic mass is 9.85. The molecule has 9 heteroatoms. The van der Waals surface area contributed by atoms with Gasteiger partial charge in [0, 0.05) is 33.7 Å². The van der Waals surface area contributed by atoms with Crippen molar-refractivity contribution in [1.29, 1.82) is 5.26 Å². The van der Waals surface area contributed by atoms with Gasteiger partial charge >= 0.3 is 6.09 Å². The monoisotopic (exact) mass is 548 g/mol. The van der Waals surface area contributed by atoms with Gasteiger partial charge in [0.2, 0.25) is 0 Å². The van der Waals surface area contributed by atoms with Crippen molar-refractivity contribution in [3.8, 4) is 11.8 Å². The lowest BCUT2D eigenvalue weighted by Crippen LogP contribution is -2.47. The number of aryl methyl sites for hydroxylation is 1. The third kappa shape index (κ3) is 5.32. The smallest absolute Gasteiger partial charge is 0.419 e. The second-order valence-corrected chi connectivity index (χ2v) is 13.9. The van der Waals surface area contributed by atoms with E-state index in [1.54, 1.807) is 19.4 Å². The first-order valence-electron chi connectivity index (χ1n) is 12.7. The van der Waals surface area contributed by atoms with Crippen LogP contribution in [0.2, 0.25) is 0 Å². The summed E-state index contributed by atoms with van der Waals surface area (Å²) in [5.41, 5.74) is 2.63. The topological polar surface area (TPSA) is 109 Å². The van der Waals surface area contributed by atoms with Gasteiger partial charge in [0.1, 0.15) is 11.4 Å². The zero-order chi connectivity index (χ0) is 28.9. The maximum atomic E-state index is 13.6. The molecule has 2 heterocycles. The number of benzene rings is 2. The fraction of sp³-hybridized carbons (Fsp3) is 0.400. The molecule has 2 aromatic carbocycles. The van der Waals surface area contributed by atoms with Crippen LogP contribution in [-0.4, -0.2) is 37.3 Å². The molecule has 2 N–H and O–H groups in total. The van der Waals surface area contributed by atoms with Crippen LogP contribution in [0.5, 0.6) is 5.75 Å². The van der Waals surface area contributed by atoms with E-state index in [1.807, 2.05) is 85.7 Å². The first-order chi connectivity index (χ1) is 18.1. The van der Waals surface area contributed by atoms with E-state index in [2.05, 4.69) is 15.8 Å². The molecule has 0 fully saturated rings. The molecule has 0 amide bonds. The molecule has 206 valence electrons. The minimum absolute atomic E-state index is 0.487. The fourth-order valence-corrected chi connectivity index (χ4v) is 5.59. The molecule has 0 aliphatic rings. The van der Waals surface area contributed by atoms with Crippen LogP contribution in [0.3, 0.4) is 0 Å². The van der Waals surface area contributed by atoms with E-state index in [0.717, 1.165) is 33.1 Å². The SMILES string of the molecule is COc1cc(C)c2c(ccn2C(=O)OC(C)(C)C)c1C(C)(NS(=O)C(C)(C)C)c1cc2cc(C#N)ccc2[nH]1. The van der Waals surface area contributed by atoms with Crippen molar-refractivity contribution in [2.45, 2.75) is 71.3 Å². The molecule has 0 saturated carbocycles. The lowest BCUT2D eigenvalue weighted by Gasteiger charge is -2.35. The molecule has 0 radical (unpaired) electrons. The van der Waals surface area contributed by atoms with Gasteiger partial charge < -0.3 is 14.5 Å². The molecule has 0 aliphatic heterocycles. The normalized spacial score (nSPS) is 14.7. The van der Waals surface area contributed by atoms with Gasteiger partial charge in [0.25, 0.3) is 0 Å². The van der Waals surface area contributed by atoms with Crippen LogP contribution >= 0.6 is 0 Å². The molecule has 0 spiro atoms. The van der Waals surface area contributed by atoms with Crippen molar-refractivity contribution < 1.29 is 18.5 Å². The zero-order valence-corrected chi connectivity index (χ0v) is 24.8. The second-order valence-electron chi connectivity index (χ2n) is 11.9. The summed E-state index contributed by atoms with van der Waals surface area (Å²) in [6.07, 6.45) is 1.21. The van der Waals surface area contributed by atoms with E-state index in [0.29, 0.717) is 16.8 Å². The number of methoxy groups -OCH3 is 1. The van der Waals surface area contributed by atoms with Crippen LogP contribution in [0.15, 0.2) is 42.6 Å². The predicted octanol–water partition coefficient (Wildman–Crippen LogP) is 6.41. The van der Waals surface area contributed by atoms with Gasteiger partial charge in [0.15, 0.2) is 0 Å². The Morgan fingerprint density at radius 2 is 1.77 bits per heavy atom. The summed E-state index contributed by atoms with van der Waals surface area (Å²) in [5.74, 6) is 0.583. The Kier molecular flexibility index (Phi) is 7.17. The highest BCUT2D eigenvalue weighted by Gasteiger charge is 2.40. The van der Waals surface area contributed by atoms with Gasteiger partial charge in [-0.25, -0.2) is 13.7 Å². The Hall–Kier alpha value is -3.61. The molecule has 39 heavy (non-hydrogen) atoms. The lowest BCUT2D eigenvalue weighted by molar-refractivity contribution is 0.0544. The summed E-state index contributed by atoms with van der Waals surface area (Å²) in [5, 5.41) is 11.0. The molecule has 0 bridgehead atoms. The highest BCUT2D eigenvalue weighted by molar-refractivity contribution is 7.84. The number of hydrogen-bond donors (Lipinski definition) is 2. The van der Waals surface area contributed by atoms with Crippen molar-refractivity contribution in [3.63, 3.8) is 0 Å². The van der Waals surface area contributed by atoms with E-state index in [1.165, 1.54) is 4.57 Å². The molecule has 0 saturated heterocycles. The number of carbonyl (C=O) groups is 1. The van der Waals surface area contributed by atoms with Gasteiger partial charge in [-0.2, -0.15) is 5.26 Å². The minimum atomic E-state index is -1.49. The fourth-order valence-electron chi connectivity index (χ4n) is 4.70. The van der Waals surface area contributed by atoms with Crippen LogP contribution in [0.4, 0.5) is 4.79 Å². The quantitative estimate of drug-likeness (QED) is 0.300. The summed E-state index contributed by atoms with van der Waals surface area (Å²) in [6.45, 7) is 15.1. The molecule has 2 unspecified atom stereocenters. The van der Waals surface area contributed by atoms with E-state index < -0.39 is 33.0 Å². The molecule has 4 rings (SSSR count). The van der Waals surface area contributed by atoms with Crippen LogP contribution in [-0.2, 0) is 21.3 Å². The number of ether oxygens (including phenoxy) is 2. The number of rotatable bonds is 5. The van der Waals surface area contributed by atoms with E-state index >= 15 is 0 Å². The van der Waals surface area contributed by atoms with Gasteiger partial charge in [-0.15, -0.1) is 0 Å². The van der Waals surface area contributed by atoms with Crippen LogP contribution in [0.1, 0.15) is 70.9 Å². The third-order valence-electron chi connectivity index (χ3n) is 6.57. The molecule has 2 aromatic heterocycles. The van der Waals surface area contributed by atoms with Crippen molar-refractivity contribution in [2.75, 3.05) is 7.11 Å². The summed E-state index contributed by atoms with van der Waals surface area (Å²) in [6, 6.07) is 13.3. The standard InChI is InChI=1S/C30H36N4O4S/c1-18-14-23(37-9)25(21-12-13-34(26(18)21)27(35)38-28(2,3)4)30(8,33-39(36)29(5,6)7)24-16-20-15-19(17-31)10-11-22(20)32-24/h10-16,32-33H,1-9H3. The minimum Gasteiger partial charge on any atom is -0.496 e. The maximum absolute atomic E-state index is 13.6. The van der Waals surface area contributed by atoms with Gasteiger partial charge in [-0.1, -0.05) is 0 Å². The molecule has 8 nitrogen and oxygen atoms in total. The molecule has 4 aromatic rings. The number of nitrogens with zero attached hydrogens (tertiary/aromatic N) is 2. The number of aromatic amines is 1. The Labute approximate surface area is 231 Å². The van der Waals surface area contributed by atoms with Crippen molar-refractivity contribution >= 4 is 38.9 Å². The Bertz CT molecular complexity index is 1650. The number of fused-ring (bicyclic) bond motifs is 2. The zero-order valence-electron chi connectivity index (χ0n) is 24.0. The Morgan fingerprint density at radius 1 is 1.08 bits per heavy atom. The predicted molar refractivity (Wildman–Crippen MR) is 155 cm³/mol. The summed E-state index contributed by atoms with van der Waals surface area (Å²) in [4.78, 5) is 16.6. The van der Waals surface area contributed by atoms with Gasteiger partial charge in [-0.3, -0.25) is 4.57 Å². The number of nitriles is 1. The molecular weight excluding hydrogens is 512 g/mol. The van der Waals surface area contributed by atoms with Gasteiger partial charge in [-0.05, 0) is 97.4 Å². The first-order valence-corrected chi connectivity index (χ1v) is 13.9. The first kappa shape index (κ1) is 28.4. The Morgan fingerprint density at radius 3 is 2.36 bits per heavy atom. The summed E-state index contributed by atoms with van der Waals surface area (Å²) in [7, 11) is 0.112. The second kappa shape index (κ2) is 9.85. The number of hydrogen-bond acceptors (Lipinski definition) is 5.